The Hall–Kier alpha value is -0.930. The minimum atomic E-state index is -0.148. The molecule has 1 aliphatic rings. The number of nitrogens with one attached hydrogen (secondary N) is 1. The number of rotatable bonds is 8. The Morgan fingerprint density at radius 1 is 1.45 bits per heavy atom. The molecule has 1 heterocycles. The van der Waals surface area contributed by atoms with Crippen LogP contribution in [0.25, 0.3) is 0 Å². The zero-order chi connectivity index (χ0) is 14.2. The van der Waals surface area contributed by atoms with Gasteiger partial charge in [0.25, 0.3) is 0 Å². The Balaban J connectivity index is 1.85. The molecule has 0 saturated carbocycles. The minimum Gasteiger partial charge on any atom is -0.378 e. The fourth-order valence-electron chi connectivity index (χ4n) is 2.85. The standard InChI is InChI=1S/C17H26FNO/c1-2-11-19-17(14-6-3-7-15(18)13-14)10-4-8-16-9-5-12-20-16/h3,6-7,13,16-17,19H,2,4-5,8-12H2,1H3. The SMILES string of the molecule is CCCNC(CCCC1CCCO1)c1cccc(F)c1. The summed E-state index contributed by atoms with van der Waals surface area (Å²) >= 11 is 0. The predicted octanol–water partition coefficient (Wildman–Crippen LogP) is 4.22. The van der Waals surface area contributed by atoms with Crippen LogP contribution in [0.3, 0.4) is 0 Å². The lowest BCUT2D eigenvalue weighted by atomic mass is 9.99. The van der Waals surface area contributed by atoms with E-state index in [1.165, 1.54) is 18.9 Å². The Morgan fingerprint density at radius 3 is 3.05 bits per heavy atom. The smallest absolute Gasteiger partial charge is 0.123 e. The number of halogens is 1. The van der Waals surface area contributed by atoms with Gasteiger partial charge in [-0.15, -0.1) is 0 Å². The summed E-state index contributed by atoms with van der Waals surface area (Å²) in [6.07, 6.45) is 7.25. The molecule has 0 bridgehead atoms. The predicted molar refractivity (Wildman–Crippen MR) is 80.3 cm³/mol. The number of hydrogen-bond acceptors (Lipinski definition) is 2. The Bertz CT molecular complexity index is 390. The summed E-state index contributed by atoms with van der Waals surface area (Å²) in [5.41, 5.74) is 1.06. The van der Waals surface area contributed by atoms with Crippen molar-refractivity contribution < 1.29 is 9.13 Å². The number of ether oxygens (including phenoxy) is 1. The van der Waals surface area contributed by atoms with E-state index < -0.39 is 0 Å². The third kappa shape index (κ3) is 4.88. The van der Waals surface area contributed by atoms with Gasteiger partial charge in [-0.25, -0.2) is 4.39 Å². The topological polar surface area (TPSA) is 21.3 Å². The lowest BCUT2D eigenvalue weighted by molar-refractivity contribution is 0.101. The van der Waals surface area contributed by atoms with Crippen molar-refractivity contribution in [1.82, 2.24) is 5.32 Å². The highest BCUT2D eigenvalue weighted by atomic mass is 19.1. The minimum absolute atomic E-state index is 0.148. The molecule has 0 aromatic heterocycles. The quantitative estimate of drug-likeness (QED) is 0.769. The lowest BCUT2D eigenvalue weighted by Gasteiger charge is -2.20. The summed E-state index contributed by atoms with van der Waals surface area (Å²) in [4.78, 5) is 0. The van der Waals surface area contributed by atoms with Crippen LogP contribution in [0.15, 0.2) is 24.3 Å². The molecule has 2 rings (SSSR count). The molecule has 112 valence electrons. The molecule has 20 heavy (non-hydrogen) atoms. The molecular weight excluding hydrogens is 253 g/mol. The maximum Gasteiger partial charge on any atom is 0.123 e. The van der Waals surface area contributed by atoms with Crippen LogP contribution >= 0.6 is 0 Å². The van der Waals surface area contributed by atoms with Crippen molar-refractivity contribution in [3.05, 3.63) is 35.6 Å². The molecule has 1 aromatic carbocycles. The van der Waals surface area contributed by atoms with Crippen LogP contribution in [-0.2, 0) is 4.74 Å². The molecule has 3 heteroatoms. The summed E-state index contributed by atoms with van der Waals surface area (Å²) in [5.74, 6) is -0.148. The van der Waals surface area contributed by atoms with E-state index in [4.69, 9.17) is 4.74 Å². The molecule has 1 N–H and O–H groups in total. The maximum absolute atomic E-state index is 13.4. The highest BCUT2D eigenvalue weighted by Crippen LogP contribution is 2.23. The van der Waals surface area contributed by atoms with Crippen LogP contribution in [0.1, 0.15) is 57.1 Å². The molecule has 2 nitrogen and oxygen atoms in total. The third-order valence-corrected chi connectivity index (χ3v) is 3.93. The van der Waals surface area contributed by atoms with Gasteiger partial charge in [-0.2, -0.15) is 0 Å². The highest BCUT2D eigenvalue weighted by Gasteiger charge is 2.17. The van der Waals surface area contributed by atoms with Crippen LogP contribution in [0.2, 0.25) is 0 Å². The van der Waals surface area contributed by atoms with Gasteiger partial charge >= 0.3 is 0 Å². The van der Waals surface area contributed by atoms with Crippen molar-refractivity contribution in [2.75, 3.05) is 13.2 Å². The van der Waals surface area contributed by atoms with E-state index in [0.717, 1.165) is 44.4 Å². The van der Waals surface area contributed by atoms with Crippen LogP contribution in [0.5, 0.6) is 0 Å². The Morgan fingerprint density at radius 2 is 2.35 bits per heavy atom. The summed E-state index contributed by atoms with van der Waals surface area (Å²) in [6.45, 7) is 4.05. The van der Waals surface area contributed by atoms with E-state index in [-0.39, 0.29) is 11.9 Å². The van der Waals surface area contributed by atoms with E-state index in [9.17, 15) is 4.39 Å². The van der Waals surface area contributed by atoms with Gasteiger partial charge in [0.2, 0.25) is 0 Å². The molecule has 0 amide bonds. The molecule has 0 aliphatic carbocycles. The largest absolute Gasteiger partial charge is 0.378 e. The molecule has 2 unspecified atom stereocenters. The van der Waals surface area contributed by atoms with E-state index in [2.05, 4.69) is 12.2 Å². The summed E-state index contributed by atoms with van der Waals surface area (Å²) in [7, 11) is 0. The average Bonchev–Trinajstić information content (AvgIpc) is 2.96. The van der Waals surface area contributed by atoms with Gasteiger partial charge < -0.3 is 10.1 Å². The molecular formula is C17H26FNO. The normalized spacial score (nSPS) is 20.2. The van der Waals surface area contributed by atoms with Gasteiger partial charge in [-0.3, -0.25) is 0 Å². The first-order valence-corrected chi connectivity index (χ1v) is 7.90. The summed E-state index contributed by atoms with van der Waals surface area (Å²) < 4.78 is 19.0. The molecule has 1 aliphatic heterocycles. The fraction of sp³-hybridized carbons (Fsp3) is 0.647. The zero-order valence-corrected chi connectivity index (χ0v) is 12.4. The monoisotopic (exact) mass is 279 g/mol. The van der Waals surface area contributed by atoms with Crippen molar-refractivity contribution in [2.24, 2.45) is 0 Å². The first-order valence-electron chi connectivity index (χ1n) is 7.90. The van der Waals surface area contributed by atoms with Gasteiger partial charge in [-0.05, 0) is 62.8 Å². The number of hydrogen-bond donors (Lipinski definition) is 1. The molecule has 1 aromatic rings. The first-order chi connectivity index (χ1) is 9.79. The van der Waals surface area contributed by atoms with Gasteiger partial charge in [0.15, 0.2) is 0 Å². The summed E-state index contributed by atoms with van der Waals surface area (Å²) in [6, 6.07) is 7.23. The van der Waals surface area contributed by atoms with Crippen molar-refractivity contribution in [3.63, 3.8) is 0 Å². The first kappa shape index (κ1) is 15.5. The second-order valence-electron chi connectivity index (χ2n) is 5.63. The third-order valence-electron chi connectivity index (χ3n) is 3.93. The zero-order valence-electron chi connectivity index (χ0n) is 12.4. The van der Waals surface area contributed by atoms with E-state index >= 15 is 0 Å². The van der Waals surface area contributed by atoms with Crippen LogP contribution < -0.4 is 5.32 Å². The second-order valence-corrected chi connectivity index (χ2v) is 5.63. The molecule has 1 saturated heterocycles. The van der Waals surface area contributed by atoms with Crippen LogP contribution in [0.4, 0.5) is 4.39 Å². The molecule has 0 spiro atoms. The Labute approximate surface area is 121 Å². The van der Waals surface area contributed by atoms with Gasteiger partial charge in [0.05, 0.1) is 6.10 Å². The van der Waals surface area contributed by atoms with Crippen LogP contribution in [0, 0.1) is 5.82 Å². The van der Waals surface area contributed by atoms with Gasteiger partial charge in [0.1, 0.15) is 5.82 Å². The average molecular weight is 279 g/mol. The summed E-state index contributed by atoms with van der Waals surface area (Å²) in [5, 5.41) is 3.53. The van der Waals surface area contributed by atoms with E-state index in [1.807, 2.05) is 6.07 Å². The van der Waals surface area contributed by atoms with Crippen molar-refractivity contribution in [2.45, 2.75) is 57.6 Å². The molecule has 2 atom stereocenters. The van der Waals surface area contributed by atoms with E-state index in [1.54, 1.807) is 12.1 Å². The van der Waals surface area contributed by atoms with Crippen LogP contribution in [-0.4, -0.2) is 19.3 Å². The van der Waals surface area contributed by atoms with Gasteiger partial charge in [0, 0.05) is 12.6 Å². The van der Waals surface area contributed by atoms with Crippen molar-refractivity contribution in [3.8, 4) is 0 Å². The maximum atomic E-state index is 13.4. The molecule has 0 radical (unpaired) electrons. The second kappa shape index (κ2) is 8.38. The van der Waals surface area contributed by atoms with E-state index in [0.29, 0.717) is 6.10 Å². The highest BCUT2D eigenvalue weighted by molar-refractivity contribution is 5.20. The van der Waals surface area contributed by atoms with Crippen molar-refractivity contribution in [1.29, 1.82) is 0 Å². The van der Waals surface area contributed by atoms with Crippen molar-refractivity contribution >= 4 is 0 Å². The fourth-order valence-corrected chi connectivity index (χ4v) is 2.85. The van der Waals surface area contributed by atoms with Gasteiger partial charge in [-0.1, -0.05) is 19.1 Å². The lowest BCUT2D eigenvalue weighted by Crippen LogP contribution is -2.22. The Kier molecular flexibility index (Phi) is 6.48. The number of benzene rings is 1. The molecule has 1 fully saturated rings.